The lowest BCUT2D eigenvalue weighted by atomic mass is 9.92. The van der Waals surface area contributed by atoms with Crippen molar-refractivity contribution < 1.29 is 14.3 Å². The zero-order chi connectivity index (χ0) is 19.8. The maximum Gasteiger partial charge on any atom is 0.409 e. The van der Waals surface area contributed by atoms with Crippen molar-refractivity contribution in [1.29, 1.82) is 0 Å². The molecule has 0 aromatic carbocycles. The average molecular weight is 385 g/mol. The molecule has 150 valence electrons. The molecule has 1 aliphatic carbocycles. The van der Waals surface area contributed by atoms with Crippen molar-refractivity contribution in [1.82, 2.24) is 19.7 Å². The van der Waals surface area contributed by atoms with E-state index >= 15 is 0 Å². The normalized spacial score (nSPS) is 16.4. The van der Waals surface area contributed by atoms with Crippen molar-refractivity contribution in [3.8, 4) is 5.75 Å². The van der Waals surface area contributed by atoms with Gasteiger partial charge < -0.3 is 19.3 Å². The van der Waals surface area contributed by atoms with Crippen LogP contribution < -0.4 is 9.64 Å². The van der Waals surface area contributed by atoms with E-state index in [0.29, 0.717) is 19.1 Å². The molecule has 1 saturated carbocycles. The van der Waals surface area contributed by atoms with Crippen molar-refractivity contribution in [2.24, 2.45) is 0 Å². The van der Waals surface area contributed by atoms with Gasteiger partial charge in [0.1, 0.15) is 11.6 Å². The highest BCUT2D eigenvalue weighted by Crippen LogP contribution is 2.39. The molecule has 1 aliphatic heterocycles. The first kappa shape index (κ1) is 18.6. The summed E-state index contributed by atoms with van der Waals surface area (Å²) in [6.45, 7) is 3.12. The topological polar surface area (TPSA) is 72.7 Å². The van der Waals surface area contributed by atoms with Crippen LogP contribution in [0.1, 0.15) is 42.1 Å². The third-order valence-electron chi connectivity index (χ3n) is 5.84. The first-order chi connectivity index (χ1) is 13.5. The molecule has 1 fully saturated rings. The fourth-order valence-electron chi connectivity index (χ4n) is 3.92. The highest BCUT2D eigenvalue weighted by atomic mass is 16.5. The van der Waals surface area contributed by atoms with Gasteiger partial charge in [-0.3, -0.25) is 4.68 Å². The Hall–Kier alpha value is -2.77. The summed E-state index contributed by atoms with van der Waals surface area (Å²) in [7, 11) is 5.04. The molecule has 2 aromatic rings. The third-order valence-corrected chi connectivity index (χ3v) is 5.84. The summed E-state index contributed by atoms with van der Waals surface area (Å²) >= 11 is 0. The molecule has 0 spiro atoms. The van der Waals surface area contributed by atoms with Gasteiger partial charge in [-0.1, -0.05) is 0 Å². The molecule has 0 atom stereocenters. The summed E-state index contributed by atoms with van der Waals surface area (Å²) in [5, 5.41) is 4.97. The van der Waals surface area contributed by atoms with Crippen LogP contribution in [0.4, 0.5) is 16.4 Å². The summed E-state index contributed by atoms with van der Waals surface area (Å²) in [6.07, 6.45) is 5.86. The van der Waals surface area contributed by atoms with Gasteiger partial charge in [-0.05, 0) is 26.2 Å². The molecular weight excluding hydrogens is 358 g/mol. The van der Waals surface area contributed by atoms with Crippen molar-refractivity contribution in [2.75, 3.05) is 32.7 Å². The predicted molar refractivity (Wildman–Crippen MR) is 105 cm³/mol. The third kappa shape index (κ3) is 3.06. The van der Waals surface area contributed by atoms with Gasteiger partial charge in [-0.2, -0.15) is 5.10 Å². The second-order valence-electron chi connectivity index (χ2n) is 7.49. The molecule has 2 aliphatic rings. The largest absolute Gasteiger partial charge is 0.496 e. The van der Waals surface area contributed by atoms with E-state index in [-0.39, 0.29) is 6.09 Å². The molecule has 1 amide bonds. The van der Waals surface area contributed by atoms with Crippen LogP contribution in [0.2, 0.25) is 0 Å². The van der Waals surface area contributed by atoms with Crippen LogP contribution in [0.15, 0.2) is 12.3 Å². The van der Waals surface area contributed by atoms with Crippen LogP contribution >= 0.6 is 0 Å². The van der Waals surface area contributed by atoms with Gasteiger partial charge >= 0.3 is 6.09 Å². The van der Waals surface area contributed by atoms with Crippen molar-refractivity contribution >= 4 is 17.7 Å². The number of carbonyl (C=O) groups excluding carboxylic acids is 1. The Morgan fingerprint density at radius 2 is 2.11 bits per heavy atom. The molecule has 0 saturated heterocycles. The smallest absolute Gasteiger partial charge is 0.409 e. The average Bonchev–Trinajstić information content (AvgIpc) is 3.04. The van der Waals surface area contributed by atoms with Crippen LogP contribution in [0, 0.1) is 6.92 Å². The number of anilines is 2. The van der Waals surface area contributed by atoms with Crippen LogP contribution in [0.25, 0.3) is 0 Å². The SMILES string of the molecule is COC(=O)N1CCc2c(c(N(C)c3cc(OC)c(C)cn3)nn2C2CCC2)C1. The Morgan fingerprint density at radius 3 is 2.75 bits per heavy atom. The lowest BCUT2D eigenvalue weighted by Crippen LogP contribution is -2.37. The molecule has 4 rings (SSSR count). The number of hydrogen-bond donors (Lipinski definition) is 0. The standard InChI is InChI=1S/C20H27N5O3/c1-13-11-21-18(10-17(13)27-3)23(2)19-15-12-24(20(26)28-4)9-8-16(15)25(22-19)14-6-5-7-14/h10-11,14H,5-9,12H2,1-4H3. The first-order valence-corrected chi connectivity index (χ1v) is 9.71. The minimum Gasteiger partial charge on any atom is -0.496 e. The molecule has 0 radical (unpaired) electrons. The predicted octanol–water partition coefficient (Wildman–Crippen LogP) is 3.21. The van der Waals surface area contributed by atoms with Gasteiger partial charge in [-0.15, -0.1) is 0 Å². The fourth-order valence-corrected chi connectivity index (χ4v) is 3.92. The Labute approximate surface area is 165 Å². The molecule has 2 aromatic heterocycles. The fraction of sp³-hybridized carbons (Fsp3) is 0.550. The molecule has 0 unspecified atom stereocenters. The highest BCUT2D eigenvalue weighted by molar-refractivity contribution is 5.69. The monoisotopic (exact) mass is 385 g/mol. The zero-order valence-electron chi connectivity index (χ0n) is 16.9. The lowest BCUT2D eigenvalue weighted by Gasteiger charge is -2.31. The van der Waals surface area contributed by atoms with E-state index in [1.165, 1.54) is 19.2 Å². The van der Waals surface area contributed by atoms with E-state index in [1.54, 1.807) is 18.2 Å². The van der Waals surface area contributed by atoms with Crippen LogP contribution in [-0.2, 0) is 17.7 Å². The van der Waals surface area contributed by atoms with E-state index < -0.39 is 0 Å². The number of aromatic nitrogens is 3. The molecular formula is C20H27N5O3. The van der Waals surface area contributed by atoms with Gasteiger partial charge in [0.2, 0.25) is 0 Å². The summed E-state index contributed by atoms with van der Waals surface area (Å²) in [5.74, 6) is 2.40. The Kier molecular flexibility index (Phi) is 4.87. The number of pyridine rings is 1. The van der Waals surface area contributed by atoms with Crippen LogP contribution in [0.5, 0.6) is 5.75 Å². The molecule has 8 nitrogen and oxygen atoms in total. The van der Waals surface area contributed by atoms with Crippen LogP contribution in [0.3, 0.4) is 0 Å². The molecule has 3 heterocycles. The number of fused-ring (bicyclic) bond motifs is 1. The molecule has 0 N–H and O–H groups in total. The van der Waals surface area contributed by atoms with E-state index in [4.69, 9.17) is 14.6 Å². The molecule has 8 heteroatoms. The zero-order valence-corrected chi connectivity index (χ0v) is 16.9. The number of rotatable bonds is 4. The summed E-state index contributed by atoms with van der Waals surface area (Å²) in [4.78, 5) is 20.4. The minimum atomic E-state index is -0.300. The Bertz CT molecular complexity index is 890. The Balaban J connectivity index is 1.74. The molecule has 0 bridgehead atoms. The summed E-state index contributed by atoms with van der Waals surface area (Å²) in [5.41, 5.74) is 3.29. The quantitative estimate of drug-likeness (QED) is 0.805. The maximum absolute atomic E-state index is 12.1. The summed E-state index contributed by atoms with van der Waals surface area (Å²) in [6, 6.07) is 2.38. The van der Waals surface area contributed by atoms with E-state index in [2.05, 4.69) is 9.67 Å². The second kappa shape index (κ2) is 7.33. The van der Waals surface area contributed by atoms with Crippen molar-refractivity contribution in [3.63, 3.8) is 0 Å². The minimum absolute atomic E-state index is 0.300. The highest BCUT2D eigenvalue weighted by Gasteiger charge is 2.33. The lowest BCUT2D eigenvalue weighted by molar-refractivity contribution is 0.118. The van der Waals surface area contributed by atoms with Gasteiger partial charge in [0.25, 0.3) is 0 Å². The second-order valence-corrected chi connectivity index (χ2v) is 7.49. The number of methoxy groups -OCH3 is 2. The van der Waals surface area contributed by atoms with E-state index in [0.717, 1.165) is 47.8 Å². The number of ether oxygens (including phenoxy) is 2. The van der Waals surface area contributed by atoms with Gasteiger partial charge in [0.05, 0.1) is 26.8 Å². The number of nitrogens with zero attached hydrogens (tertiary/aromatic N) is 5. The first-order valence-electron chi connectivity index (χ1n) is 9.71. The van der Waals surface area contributed by atoms with E-state index in [1.807, 2.05) is 24.9 Å². The number of aryl methyl sites for hydroxylation is 1. The van der Waals surface area contributed by atoms with Crippen LogP contribution in [-0.4, -0.2) is 53.6 Å². The van der Waals surface area contributed by atoms with E-state index in [9.17, 15) is 4.79 Å². The Morgan fingerprint density at radius 1 is 1.32 bits per heavy atom. The number of carbonyl (C=O) groups is 1. The molecule has 28 heavy (non-hydrogen) atoms. The van der Waals surface area contributed by atoms with Gasteiger partial charge in [0, 0.05) is 49.1 Å². The van der Waals surface area contributed by atoms with Crippen molar-refractivity contribution in [3.05, 3.63) is 29.1 Å². The number of hydrogen-bond acceptors (Lipinski definition) is 6. The van der Waals surface area contributed by atoms with Gasteiger partial charge in [-0.25, -0.2) is 9.78 Å². The van der Waals surface area contributed by atoms with Gasteiger partial charge in [0.15, 0.2) is 5.82 Å². The summed E-state index contributed by atoms with van der Waals surface area (Å²) < 4.78 is 12.6. The van der Waals surface area contributed by atoms with Crippen molar-refractivity contribution in [2.45, 2.75) is 45.2 Å². The maximum atomic E-state index is 12.1. The number of amides is 1.